The van der Waals surface area contributed by atoms with Crippen LogP contribution in [-0.4, -0.2) is 30.7 Å². The average molecular weight is 392 g/mol. The molecule has 1 aromatic heterocycles. The smallest absolute Gasteiger partial charge is 0.239 e. The van der Waals surface area contributed by atoms with E-state index in [-0.39, 0.29) is 12.3 Å². The van der Waals surface area contributed by atoms with Gasteiger partial charge in [0.05, 0.1) is 30.6 Å². The SMILES string of the molecule is O=S1(=O)Cc2ccccc2N1CC(O)Cn1c2ccccc2c2ccccc21. The molecule has 142 valence electrons. The third-order valence-corrected chi connectivity index (χ3v) is 7.08. The van der Waals surface area contributed by atoms with Crippen LogP contribution in [0.1, 0.15) is 5.56 Å². The van der Waals surface area contributed by atoms with Crippen LogP contribution < -0.4 is 4.31 Å². The van der Waals surface area contributed by atoms with E-state index in [2.05, 4.69) is 16.7 Å². The van der Waals surface area contributed by atoms with Crippen LogP contribution in [0.2, 0.25) is 0 Å². The number of hydrogen-bond donors (Lipinski definition) is 1. The standard InChI is InChI=1S/C22H20N2O3S/c25-17(14-24-20-10-4-1-7-16(20)15-28(24,26)27)13-23-21-11-5-2-8-18(21)19-9-3-6-12-22(19)23/h1-12,17,25H,13-15H2. The third kappa shape index (κ3) is 2.68. The number of benzene rings is 3. The van der Waals surface area contributed by atoms with Gasteiger partial charge in [0.2, 0.25) is 10.0 Å². The maximum absolute atomic E-state index is 12.6. The lowest BCUT2D eigenvalue weighted by Gasteiger charge is -2.22. The highest BCUT2D eigenvalue weighted by Gasteiger charge is 2.34. The van der Waals surface area contributed by atoms with Crippen molar-refractivity contribution < 1.29 is 13.5 Å². The molecule has 0 amide bonds. The molecule has 28 heavy (non-hydrogen) atoms. The molecular weight excluding hydrogens is 372 g/mol. The Morgan fingerprint density at radius 3 is 2.07 bits per heavy atom. The molecule has 4 aromatic rings. The van der Waals surface area contributed by atoms with E-state index in [1.54, 1.807) is 6.07 Å². The summed E-state index contributed by atoms with van der Waals surface area (Å²) in [6.07, 6.45) is -0.833. The van der Waals surface area contributed by atoms with Crippen molar-refractivity contribution in [3.8, 4) is 0 Å². The lowest BCUT2D eigenvalue weighted by atomic mass is 10.2. The highest BCUT2D eigenvalue weighted by atomic mass is 32.2. The molecule has 0 aliphatic carbocycles. The fourth-order valence-electron chi connectivity index (χ4n) is 4.17. The highest BCUT2D eigenvalue weighted by molar-refractivity contribution is 7.92. The molecular formula is C22H20N2O3S. The van der Waals surface area contributed by atoms with Crippen LogP contribution in [0.4, 0.5) is 5.69 Å². The number of aliphatic hydroxyl groups is 1. The van der Waals surface area contributed by atoms with E-state index >= 15 is 0 Å². The summed E-state index contributed by atoms with van der Waals surface area (Å²) in [6.45, 7) is 0.363. The molecule has 0 saturated heterocycles. The van der Waals surface area contributed by atoms with Crippen molar-refractivity contribution in [2.45, 2.75) is 18.4 Å². The summed E-state index contributed by atoms with van der Waals surface area (Å²) in [5, 5.41) is 13.1. The Hall–Kier alpha value is -2.83. The van der Waals surface area contributed by atoms with Gasteiger partial charge in [-0.1, -0.05) is 54.6 Å². The Kier molecular flexibility index (Phi) is 3.92. The topological polar surface area (TPSA) is 62.5 Å². The van der Waals surface area contributed by atoms with E-state index in [1.165, 1.54) is 4.31 Å². The van der Waals surface area contributed by atoms with Gasteiger partial charge in [-0.05, 0) is 23.8 Å². The van der Waals surface area contributed by atoms with Gasteiger partial charge in [0.1, 0.15) is 0 Å². The van der Waals surface area contributed by atoms with Crippen molar-refractivity contribution in [2.75, 3.05) is 10.8 Å². The number of sulfonamides is 1. The number of nitrogens with zero attached hydrogens (tertiary/aromatic N) is 2. The molecule has 5 nitrogen and oxygen atoms in total. The molecule has 2 heterocycles. The second kappa shape index (κ2) is 6.36. The van der Waals surface area contributed by atoms with Gasteiger partial charge in [0.25, 0.3) is 0 Å². The Morgan fingerprint density at radius 1 is 0.821 bits per heavy atom. The van der Waals surface area contributed by atoms with Crippen LogP contribution in [0.5, 0.6) is 0 Å². The first-order chi connectivity index (χ1) is 13.5. The largest absolute Gasteiger partial charge is 0.389 e. The average Bonchev–Trinajstić information content (AvgIpc) is 3.14. The van der Waals surface area contributed by atoms with Crippen LogP contribution in [0.15, 0.2) is 72.8 Å². The fraction of sp³-hybridized carbons (Fsp3) is 0.182. The van der Waals surface area contributed by atoms with Crippen molar-refractivity contribution >= 4 is 37.5 Å². The molecule has 1 aliphatic heterocycles. The maximum atomic E-state index is 12.6. The Balaban J connectivity index is 1.50. The minimum absolute atomic E-state index is 0.00866. The van der Waals surface area contributed by atoms with E-state index in [9.17, 15) is 13.5 Å². The molecule has 0 spiro atoms. The van der Waals surface area contributed by atoms with Gasteiger partial charge in [-0.25, -0.2) is 8.42 Å². The molecule has 1 unspecified atom stereocenters. The molecule has 1 N–H and O–H groups in total. The van der Waals surface area contributed by atoms with Crippen LogP contribution in [0, 0.1) is 0 Å². The number of fused-ring (bicyclic) bond motifs is 4. The van der Waals surface area contributed by atoms with Crippen LogP contribution in [-0.2, 0) is 22.3 Å². The second-order valence-corrected chi connectivity index (χ2v) is 9.11. The van der Waals surface area contributed by atoms with Gasteiger partial charge < -0.3 is 9.67 Å². The lowest BCUT2D eigenvalue weighted by molar-refractivity contribution is 0.166. The zero-order valence-corrected chi connectivity index (χ0v) is 16.0. The van der Waals surface area contributed by atoms with Crippen molar-refractivity contribution in [3.63, 3.8) is 0 Å². The zero-order valence-electron chi connectivity index (χ0n) is 15.2. The molecule has 0 bridgehead atoms. The normalized spacial score (nSPS) is 16.5. The van der Waals surface area contributed by atoms with E-state index in [0.29, 0.717) is 12.2 Å². The van der Waals surface area contributed by atoms with Crippen LogP contribution in [0.25, 0.3) is 21.8 Å². The number of aliphatic hydroxyl groups excluding tert-OH is 1. The molecule has 0 fully saturated rings. The summed E-state index contributed by atoms with van der Waals surface area (Å²) < 4.78 is 28.6. The summed E-state index contributed by atoms with van der Waals surface area (Å²) >= 11 is 0. The van der Waals surface area contributed by atoms with Gasteiger partial charge in [-0.2, -0.15) is 0 Å². The summed E-state index contributed by atoms with van der Waals surface area (Å²) in [6, 6.07) is 23.5. The first kappa shape index (κ1) is 17.3. The quantitative estimate of drug-likeness (QED) is 0.578. The van der Waals surface area contributed by atoms with Crippen LogP contribution in [0.3, 0.4) is 0 Å². The van der Waals surface area contributed by atoms with Crippen molar-refractivity contribution in [1.82, 2.24) is 4.57 Å². The van der Waals surface area contributed by atoms with E-state index in [0.717, 1.165) is 27.4 Å². The van der Waals surface area contributed by atoms with Crippen molar-refractivity contribution in [2.24, 2.45) is 0 Å². The summed E-state index contributed by atoms with van der Waals surface area (Å²) in [5.41, 5.74) is 3.52. The number of hydrogen-bond acceptors (Lipinski definition) is 3. The van der Waals surface area contributed by atoms with Crippen molar-refractivity contribution in [3.05, 3.63) is 78.4 Å². The monoisotopic (exact) mass is 392 g/mol. The Morgan fingerprint density at radius 2 is 1.39 bits per heavy atom. The van der Waals surface area contributed by atoms with E-state index < -0.39 is 16.1 Å². The van der Waals surface area contributed by atoms with E-state index in [4.69, 9.17) is 0 Å². The van der Waals surface area contributed by atoms with Crippen molar-refractivity contribution in [1.29, 1.82) is 0 Å². The lowest BCUT2D eigenvalue weighted by Crippen LogP contribution is -2.36. The molecule has 0 radical (unpaired) electrons. The number of β-amino-alcohol motifs (C(OH)–C–C–N with tert-alkyl or cyclic N) is 1. The Bertz CT molecular complexity index is 1240. The minimum atomic E-state index is -3.44. The molecule has 3 aromatic carbocycles. The van der Waals surface area contributed by atoms with Gasteiger partial charge in [0.15, 0.2) is 0 Å². The van der Waals surface area contributed by atoms with Crippen LogP contribution >= 0.6 is 0 Å². The summed E-state index contributed by atoms with van der Waals surface area (Å²) in [5.74, 6) is -0.00866. The zero-order chi connectivity index (χ0) is 19.3. The van der Waals surface area contributed by atoms with Gasteiger partial charge in [-0.3, -0.25) is 4.31 Å². The predicted molar refractivity (Wildman–Crippen MR) is 112 cm³/mol. The maximum Gasteiger partial charge on any atom is 0.239 e. The first-order valence-electron chi connectivity index (χ1n) is 9.27. The van der Waals surface area contributed by atoms with Gasteiger partial charge in [0, 0.05) is 21.8 Å². The first-order valence-corrected chi connectivity index (χ1v) is 10.9. The Labute approximate surface area is 163 Å². The number of anilines is 1. The van der Waals surface area contributed by atoms with E-state index in [1.807, 2.05) is 54.6 Å². The molecule has 0 saturated carbocycles. The number of para-hydroxylation sites is 3. The summed E-state index contributed by atoms with van der Waals surface area (Å²) in [7, 11) is -3.44. The number of aromatic nitrogens is 1. The second-order valence-electron chi connectivity index (χ2n) is 7.21. The minimum Gasteiger partial charge on any atom is -0.389 e. The molecule has 6 heteroatoms. The molecule has 1 atom stereocenters. The van der Waals surface area contributed by atoms with Gasteiger partial charge in [-0.15, -0.1) is 0 Å². The summed E-state index contributed by atoms with van der Waals surface area (Å²) in [4.78, 5) is 0. The third-order valence-electron chi connectivity index (χ3n) is 5.38. The highest BCUT2D eigenvalue weighted by Crippen LogP contribution is 2.34. The predicted octanol–water partition coefficient (Wildman–Crippen LogP) is 3.51. The molecule has 1 aliphatic rings. The number of rotatable bonds is 4. The van der Waals surface area contributed by atoms with Gasteiger partial charge >= 0.3 is 0 Å². The molecule has 5 rings (SSSR count). The fourth-order valence-corrected chi connectivity index (χ4v) is 5.84.